The predicted octanol–water partition coefficient (Wildman–Crippen LogP) is 0.450. The summed E-state index contributed by atoms with van der Waals surface area (Å²) in [5.41, 5.74) is 5.38. The summed E-state index contributed by atoms with van der Waals surface area (Å²) in [6, 6.07) is 0. The van der Waals surface area contributed by atoms with Crippen molar-refractivity contribution >= 4 is 15.9 Å². The van der Waals surface area contributed by atoms with Crippen molar-refractivity contribution in [2.24, 2.45) is 11.7 Å². The van der Waals surface area contributed by atoms with Crippen molar-refractivity contribution in [1.29, 1.82) is 5.41 Å². The van der Waals surface area contributed by atoms with Gasteiger partial charge in [-0.1, -0.05) is 19.3 Å². The Labute approximate surface area is 121 Å². The normalized spacial score (nSPS) is 23.8. The zero-order chi connectivity index (χ0) is 14.6. The molecular weight excluding hydrogens is 276 g/mol. The van der Waals surface area contributed by atoms with E-state index in [1.807, 2.05) is 4.90 Å². The van der Waals surface area contributed by atoms with E-state index in [1.165, 1.54) is 19.3 Å². The largest absolute Gasteiger partial charge is 0.387 e. The van der Waals surface area contributed by atoms with Crippen LogP contribution in [0.25, 0.3) is 0 Å². The molecule has 2 rings (SSSR count). The van der Waals surface area contributed by atoms with E-state index in [0.717, 1.165) is 12.8 Å². The molecule has 2 fully saturated rings. The minimum absolute atomic E-state index is 0.142. The molecule has 6 nitrogen and oxygen atoms in total. The second-order valence-corrected chi connectivity index (χ2v) is 8.00. The molecule has 0 atom stereocenters. The summed E-state index contributed by atoms with van der Waals surface area (Å²) in [6.45, 7) is 2.84. The molecule has 7 heteroatoms. The summed E-state index contributed by atoms with van der Waals surface area (Å²) >= 11 is 0. The van der Waals surface area contributed by atoms with E-state index in [2.05, 4.69) is 0 Å². The third-order valence-corrected chi connectivity index (χ3v) is 6.33. The summed E-state index contributed by atoms with van der Waals surface area (Å²) in [4.78, 5) is 2.04. The van der Waals surface area contributed by atoms with Crippen LogP contribution in [-0.2, 0) is 10.0 Å². The average molecular weight is 302 g/mol. The van der Waals surface area contributed by atoms with Gasteiger partial charge in [-0.05, 0) is 18.8 Å². The van der Waals surface area contributed by atoms with Crippen LogP contribution >= 0.6 is 0 Å². The lowest BCUT2D eigenvalue weighted by Gasteiger charge is -2.34. The number of nitrogens with two attached hydrogens (primary N) is 1. The number of rotatable bonds is 5. The number of amidine groups is 1. The van der Waals surface area contributed by atoms with Gasteiger partial charge in [0, 0.05) is 26.2 Å². The minimum Gasteiger partial charge on any atom is -0.387 e. The van der Waals surface area contributed by atoms with Crippen molar-refractivity contribution in [1.82, 2.24) is 9.21 Å². The van der Waals surface area contributed by atoms with E-state index < -0.39 is 10.0 Å². The summed E-state index contributed by atoms with van der Waals surface area (Å²) < 4.78 is 26.5. The van der Waals surface area contributed by atoms with Crippen molar-refractivity contribution in [3.8, 4) is 0 Å². The second-order valence-electron chi connectivity index (χ2n) is 5.98. The van der Waals surface area contributed by atoms with Gasteiger partial charge in [-0.15, -0.1) is 0 Å². The molecule has 116 valence electrons. The molecule has 0 spiro atoms. The first-order valence-corrected chi connectivity index (χ1v) is 9.11. The predicted molar refractivity (Wildman–Crippen MR) is 80.3 cm³/mol. The standard InChI is InChI=1S/C13H26N4O2S/c14-13(15)10-16-6-8-17(9-7-16)20(18,19)11-12-4-2-1-3-5-12/h12H,1-11H2,(H3,14,15). The lowest BCUT2D eigenvalue weighted by Crippen LogP contribution is -2.51. The summed E-state index contributed by atoms with van der Waals surface area (Å²) in [6.07, 6.45) is 5.71. The molecule has 1 saturated heterocycles. The number of nitrogens with zero attached hydrogens (tertiary/aromatic N) is 2. The van der Waals surface area contributed by atoms with Gasteiger partial charge in [0.1, 0.15) is 5.84 Å². The van der Waals surface area contributed by atoms with Gasteiger partial charge < -0.3 is 5.73 Å². The minimum atomic E-state index is -3.11. The van der Waals surface area contributed by atoms with Crippen LogP contribution in [0.3, 0.4) is 0 Å². The van der Waals surface area contributed by atoms with Crippen molar-refractivity contribution in [3.63, 3.8) is 0 Å². The van der Waals surface area contributed by atoms with Crippen molar-refractivity contribution in [2.45, 2.75) is 32.1 Å². The zero-order valence-corrected chi connectivity index (χ0v) is 12.9. The Kier molecular flexibility index (Phi) is 5.40. The van der Waals surface area contributed by atoms with Crippen LogP contribution < -0.4 is 5.73 Å². The highest BCUT2D eigenvalue weighted by Gasteiger charge is 2.29. The number of nitrogens with one attached hydrogen (secondary N) is 1. The molecule has 0 bridgehead atoms. The van der Waals surface area contributed by atoms with Gasteiger partial charge in [0.2, 0.25) is 10.0 Å². The molecule has 1 aliphatic carbocycles. The van der Waals surface area contributed by atoms with E-state index in [-0.39, 0.29) is 5.84 Å². The third kappa shape index (κ3) is 4.43. The van der Waals surface area contributed by atoms with Crippen molar-refractivity contribution < 1.29 is 8.42 Å². The quantitative estimate of drug-likeness (QED) is 0.570. The van der Waals surface area contributed by atoms with E-state index in [1.54, 1.807) is 4.31 Å². The Morgan fingerprint density at radius 1 is 1.10 bits per heavy atom. The van der Waals surface area contributed by atoms with Crippen LogP contribution in [0, 0.1) is 11.3 Å². The fourth-order valence-electron chi connectivity index (χ4n) is 3.16. The number of piperazine rings is 1. The lowest BCUT2D eigenvalue weighted by molar-refractivity contribution is 0.207. The molecule has 0 unspecified atom stereocenters. The molecule has 0 radical (unpaired) electrons. The van der Waals surface area contributed by atoms with E-state index in [0.29, 0.717) is 44.4 Å². The van der Waals surface area contributed by atoms with Gasteiger partial charge in [-0.2, -0.15) is 4.31 Å². The molecule has 0 amide bonds. The molecule has 2 aliphatic rings. The van der Waals surface area contributed by atoms with E-state index >= 15 is 0 Å². The lowest BCUT2D eigenvalue weighted by atomic mass is 9.91. The molecular formula is C13H26N4O2S. The molecule has 0 aromatic heterocycles. The first kappa shape index (κ1) is 15.7. The highest BCUT2D eigenvalue weighted by molar-refractivity contribution is 7.89. The molecule has 3 N–H and O–H groups in total. The van der Waals surface area contributed by atoms with Crippen LogP contribution in [0.1, 0.15) is 32.1 Å². The highest BCUT2D eigenvalue weighted by atomic mass is 32.2. The Balaban J connectivity index is 1.83. The van der Waals surface area contributed by atoms with E-state index in [4.69, 9.17) is 11.1 Å². The first-order chi connectivity index (χ1) is 9.47. The highest BCUT2D eigenvalue weighted by Crippen LogP contribution is 2.26. The fourth-order valence-corrected chi connectivity index (χ4v) is 5.02. The molecule has 20 heavy (non-hydrogen) atoms. The van der Waals surface area contributed by atoms with Gasteiger partial charge in [0.25, 0.3) is 0 Å². The molecule has 0 aromatic carbocycles. The Hall–Kier alpha value is -0.660. The van der Waals surface area contributed by atoms with Gasteiger partial charge in [-0.25, -0.2) is 8.42 Å². The van der Waals surface area contributed by atoms with Crippen LogP contribution in [0.15, 0.2) is 0 Å². The summed E-state index contributed by atoms with van der Waals surface area (Å²) in [7, 11) is -3.11. The SMILES string of the molecule is N=C(N)CN1CCN(S(=O)(=O)CC2CCCCC2)CC1. The number of sulfonamides is 1. The summed E-state index contributed by atoms with van der Waals surface area (Å²) in [5.74, 6) is 0.812. The van der Waals surface area contributed by atoms with Crippen LogP contribution in [0.5, 0.6) is 0 Å². The van der Waals surface area contributed by atoms with Crippen LogP contribution in [0.2, 0.25) is 0 Å². The maximum Gasteiger partial charge on any atom is 0.214 e. The van der Waals surface area contributed by atoms with Gasteiger partial charge in [0.05, 0.1) is 12.3 Å². The first-order valence-electron chi connectivity index (χ1n) is 7.50. The number of hydrogen-bond acceptors (Lipinski definition) is 4. The number of hydrogen-bond donors (Lipinski definition) is 2. The van der Waals surface area contributed by atoms with Gasteiger partial charge in [-0.3, -0.25) is 10.3 Å². The maximum absolute atomic E-state index is 12.4. The Bertz CT molecular complexity index is 424. The van der Waals surface area contributed by atoms with Crippen molar-refractivity contribution in [2.75, 3.05) is 38.5 Å². The molecule has 1 aliphatic heterocycles. The smallest absolute Gasteiger partial charge is 0.214 e. The summed E-state index contributed by atoms with van der Waals surface area (Å²) in [5, 5.41) is 7.28. The fraction of sp³-hybridized carbons (Fsp3) is 0.923. The third-order valence-electron chi connectivity index (χ3n) is 4.29. The topological polar surface area (TPSA) is 90.5 Å². The van der Waals surface area contributed by atoms with Crippen LogP contribution in [0.4, 0.5) is 0 Å². The molecule has 1 heterocycles. The molecule has 0 aromatic rings. The maximum atomic E-state index is 12.4. The Morgan fingerprint density at radius 2 is 1.70 bits per heavy atom. The van der Waals surface area contributed by atoms with Gasteiger partial charge >= 0.3 is 0 Å². The van der Waals surface area contributed by atoms with Crippen molar-refractivity contribution in [3.05, 3.63) is 0 Å². The zero-order valence-electron chi connectivity index (χ0n) is 12.1. The van der Waals surface area contributed by atoms with Crippen LogP contribution in [-0.4, -0.2) is 61.9 Å². The average Bonchev–Trinajstić information content (AvgIpc) is 2.39. The second kappa shape index (κ2) is 6.87. The van der Waals surface area contributed by atoms with Gasteiger partial charge in [0.15, 0.2) is 0 Å². The monoisotopic (exact) mass is 302 g/mol. The van der Waals surface area contributed by atoms with E-state index in [9.17, 15) is 8.42 Å². The Morgan fingerprint density at radius 3 is 2.25 bits per heavy atom. The molecule has 1 saturated carbocycles.